The van der Waals surface area contributed by atoms with Crippen molar-refractivity contribution < 1.29 is 14.3 Å². The standard InChI is InChI=1S/C19H19NO3S2/c21-18(13-24-12-15-5-2-1-3-6-15)20-14-19(22,16-8-9-23-11-16)17-7-4-10-25-17/h1-11,22H,12-14H2,(H,20,21). The SMILES string of the molecule is O=C(CSCc1ccccc1)NCC(O)(c1ccoc1)c1cccs1. The van der Waals surface area contributed by atoms with Gasteiger partial charge in [-0.3, -0.25) is 4.79 Å². The molecular weight excluding hydrogens is 354 g/mol. The number of thioether (sulfide) groups is 1. The predicted octanol–water partition coefficient (Wildman–Crippen LogP) is 3.63. The van der Waals surface area contributed by atoms with Crippen molar-refractivity contribution in [3.8, 4) is 0 Å². The fourth-order valence-corrected chi connectivity index (χ4v) is 4.12. The summed E-state index contributed by atoms with van der Waals surface area (Å²) in [5.74, 6) is 1.03. The molecule has 130 valence electrons. The van der Waals surface area contributed by atoms with E-state index >= 15 is 0 Å². The van der Waals surface area contributed by atoms with E-state index in [4.69, 9.17) is 4.42 Å². The molecule has 3 aromatic rings. The Morgan fingerprint density at radius 2 is 2.04 bits per heavy atom. The molecule has 2 aromatic heterocycles. The van der Waals surface area contributed by atoms with E-state index in [2.05, 4.69) is 5.32 Å². The third-order valence-corrected chi connectivity index (χ3v) is 5.84. The number of nitrogens with one attached hydrogen (secondary N) is 1. The molecule has 4 nitrogen and oxygen atoms in total. The first-order chi connectivity index (χ1) is 12.2. The van der Waals surface area contributed by atoms with Gasteiger partial charge in [-0.25, -0.2) is 0 Å². The minimum absolute atomic E-state index is 0.0978. The molecule has 1 aromatic carbocycles. The van der Waals surface area contributed by atoms with Crippen LogP contribution in [0, 0.1) is 0 Å². The monoisotopic (exact) mass is 373 g/mol. The van der Waals surface area contributed by atoms with Crippen LogP contribution in [0.5, 0.6) is 0 Å². The molecule has 3 rings (SSSR count). The molecule has 0 saturated carbocycles. The minimum atomic E-state index is -1.28. The number of carbonyl (C=O) groups is 1. The first-order valence-corrected chi connectivity index (χ1v) is 9.89. The van der Waals surface area contributed by atoms with Crippen LogP contribution >= 0.6 is 23.1 Å². The molecular formula is C19H19NO3S2. The zero-order chi connectivity index (χ0) is 17.5. The lowest BCUT2D eigenvalue weighted by atomic mass is 9.94. The second-order valence-electron chi connectivity index (χ2n) is 5.60. The molecule has 25 heavy (non-hydrogen) atoms. The van der Waals surface area contributed by atoms with Gasteiger partial charge in [-0.1, -0.05) is 36.4 Å². The molecule has 6 heteroatoms. The summed E-state index contributed by atoms with van der Waals surface area (Å²) in [7, 11) is 0. The Bertz CT molecular complexity index is 736. The maximum Gasteiger partial charge on any atom is 0.230 e. The largest absolute Gasteiger partial charge is 0.472 e. The lowest BCUT2D eigenvalue weighted by Crippen LogP contribution is -2.41. The first kappa shape index (κ1) is 17.8. The number of thiophene rings is 1. The summed E-state index contributed by atoms with van der Waals surface area (Å²) in [6.07, 6.45) is 3.03. The smallest absolute Gasteiger partial charge is 0.230 e. The molecule has 0 aliphatic heterocycles. The third-order valence-electron chi connectivity index (χ3n) is 3.81. The molecule has 0 radical (unpaired) electrons. The Morgan fingerprint density at radius 3 is 2.72 bits per heavy atom. The summed E-state index contributed by atoms with van der Waals surface area (Å²) in [5.41, 5.74) is 0.543. The Morgan fingerprint density at radius 1 is 1.20 bits per heavy atom. The van der Waals surface area contributed by atoms with Gasteiger partial charge in [0.15, 0.2) is 0 Å². The van der Waals surface area contributed by atoms with Crippen LogP contribution in [0.15, 0.2) is 70.9 Å². The summed E-state index contributed by atoms with van der Waals surface area (Å²) < 4.78 is 5.11. The van der Waals surface area contributed by atoms with Gasteiger partial charge in [0, 0.05) is 16.2 Å². The van der Waals surface area contributed by atoms with E-state index in [1.165, 1.54) is 29.4 Å². The highest BCUT2D eigenvalue weighted by atomic mass is 32.2. The number of aliphatic hydroxyl groups is 1. The van der Waals surface area contributed by atoms with Crippen molar-refractivity contribution >= 4 is 29.0 Å². The zero-order valence-electron chi connectivity index (χ0n) is 13.6. The normalized spacial score (nSPS) is 13.3. The molecule has 2 N–H and O–H groups in total. The van der Waals surface area contributed by atoms with Crippen LogP contribution in [0.4, 0.5) is 0 Å². The van der Waals surface area contributed by atoms with Gasteiger partial charge in [-0.05, 0) is 23.1 Å². The summed E-state index contributed by atoms with van der Waals surface area (Å²) in [5, 5.41) is 15.9. The number of amides is 1. The van der Waals surface area contributed by atoms with Gasteiger partial charge < -0.3 is 14.8 Å². The van der Waals surface area contributed by atoms with Crippen LogP contribution in [0.1, 0.15) is 16.0 Å². The van der Waals surface area contributed by atoms with Crippen LogP contribution in [0.3, 0.4) is 0 Å². The fourth-order valence-electron chi connectivity index (χ4n) is 2.46. The zero-order valence-corrected chi connectivity index (χ0v) is 15.2. The number of hydrogen-bond donors (Lipinski definition) is 2. The van der Waals surface area contributed by atoms with E-state index in [9.17, 15) is 9.90 Å². The Balaban J connectivity index is 1.55. The number of rotatable bonds is 8. The Hall–Kier alpha value is -2.02. The van der Waals surface area contributed by atoms with Crippen LogP contribution < -0.4 is 5.32 Å². The first-order valence-electron chi connectivity index (χ1n) is 7.86. The average molecular weight is 373 g/mol. The molecule has 0 spiro atoms. The van der Waals surface area contributed by atoms with Crippen LogP contribution in [0.25, 0.3) is 0 Å². The number of benzene rings is 1. The van der Waals surface area contributed by atoms with Gasteiger partial charge in [-0.15, -0.1) is 23.1 Å². The molecule has 1 unspecified atom stereocenters. The van der Waals surface area contributed by atoms with Gasteiger partial charge in [0.05, 0.1) is 24.8 Å². The molecule has 0 aliphatic rings. The van der Waals surface area contributed by atoms with E-state index in [1.54, 1.807) is 17.8 Å². The molecule has 0 saturated heterocycles. The predicted molar refractivity (Wildman–Crippen MR) is 102 cm³/mol. The summed E-state index contributed by atoms with van der Waals surface area (Å²) in [6.45, 7) is 0.109. The van der Waals surface area contributed by atoms with Crippen molar-refractivity contribution in [3.05, 3.63) is 82.4 Å². The number of furan rings is 1. The van der Waals surface area contributed by atoms with Crippen LogP contribution in [-0.4, -0.2) is 23.3 Å². The molecule has 0 fully saturated rings. The lowest BCUT2D eigenvalue weighted by molar-refractivity contribution is -0.119. The molecule has 1 amide bonds. The Kier molecular flexibility index (Phi) is 5.96. The van der Waals surface area contributed by atoms with E-state index in [0.29, 0.717) is 11.3 Å². The summed E-state index contributed by atoms with van der Waals surface area (Å²) in [4.78, 5) is 12.9. The van der Waals surface area contributed by atoms with Gasteiger partial charge in [-0.2, -0.15) is 0 Å². The number of hydrogen-bond acceptors (Lipinski definition) is 5. The third kappa shape index (κ3) is 4.54. The van der Waals surface area contributed by atoms with Gasteiger partial charge in [0.1, 0.15) is 5.60 Å². The van der Waals surface area contributed by atoms with Crippen molar-refractivity contribution in [2.45, 2.75) is 11.4 Å². The van der Waals surface area contributed by atoms with Crippen molar-refractivity contribution in [3.63, 3.8) is 0 Å². The average Bonchev–Trinajstić information content (AvgIpc) is 3.34. The van der Waals surface area contributed by atoms with E-state index in [0.717, 1.165) is 10.6 Å². The highest BCUT2D eigenvalue weighted by molar-refractivity contribution is 7.99. The summed E-state index contributed by atoms with van der Waals surface area (Å²) in [6, 6.07) is 15.5. The van der Waals surface area contributed by atoms with Crippen molar-refractivity contribution in [1.29, 1.82) is 0 Å². The van der Waals surface area contributed by atoms with Gasteiger partial charge >= 0.3 is 0 Å². The topological polar surface area (TPSA) is 62.5 Å². The second-order valence-corrected chi connectivity index (χ2v) is 7.54. The molecule has 2 heterocycles. The maximum absolute atomic E-state index is 12.2. The van der Waals surface area contributed by atoms with Gasteiger partial charge in [0.2, 0.25) is 5.91 Å². The number of carbonyl (C=O) groups excluding carboxylic acids is 1. The highest BCUT2D eigenvalue weighted by Gasteiger charge is 2.34. The van der Waals surface area contributed by atoms with Crippen molar-refractivity contribution in [2.75, 3.05) is 12.3 Å². The molecule has 1 atom stereocenters. The second kappa shape index (κ2) is 8.38. The lowest BCUT2D eigenvalue weighted by Gasteiger charge is -2.26. The van der Waals surface area contributed by atoms with E-state index < -0.39 is 5.60 Å². The quantitative estimate of drug-likeness (QED) is 0.633. The fraction of sp³-hybridized carbons (Fsp3) is 0.211. The van der Waals surface area contributed by atoms with Crippen molar-refractivity contribution in [1.82, 2.24) is 5.32 Å². The van der Waals surface area contributed by atoms with Crippen LogP contribution in [0.2, 0.25) is 0 Å². The molecule has 0 aliphatic carbocycles. The Labute approximate surface area is 154 Å². The highest BCUT2D eigenvalue weighted by Crippen LogP contribution is 2.32. The van der Waals surface area contributed by atoms with Crippen molar-refractivity contribution in [2.24, 2.45) is 0 Å². The van der Waals surface area contributed by atoms with Crippen LogP contribution in [-0.2, 0) is 16.1 Å². The molecule has 0 bridgehead atoms. The summed E-state index contributed by atoms with van der Waals surface area (Å²) >= 11 is 3.00. The maximum atomic E-state index is 12.2. The van der Waals surface area contributed by atoms with E-state index in [-0.39, 0.29) is 12.5 Å². The van der Waals surface area contributed by atoms with E-state index in [1.807, 2.05) is 47.8 Å². The van der Waals surface area contributed by atoms with Gasteiger partial charge in [0.25, 0.3) is 0 Å². The minimum Gasteiger partial charge on any atom is -0.472 e.